The fourth-order valence-electron chi connectivity index (χ4n) is 2.17. The summed E-state index contributed by atoms with van der Waals surface area (Å²) in [6.45, 7) is 7.83. The van der Waals surface area contributed by atoms with Crippen molar-refractivity contribution in [3.63, 3.8) is 0 Å². The maximum atomic E-state index is 11.4. The zero-order valence-corrected chi connectivity index (χ0v) is 13.4. The van der Waals surface area contributed by atoms with Crippen LogP contribution in [0.3, 0.4) is 0 Å². The Morgan fingerprint density at radius 3 is 2.86 bits per heavy atom. The summed E-state index contributed by atoms with van der Waals surface area (Å²) in [7, 11) is 0. The van der Waals surface area contributed by atoms with Crippen molar-refractivity contribution in [1.82, 2.24) is 9.97 Å². The van der Waals surface area contributed by atoms with E-state index in [1.165, 1.54) is 0 Å². The molecule has 114 valence electrons. The van der Waals surface area contributed by atoms with Crippen LogP contribution in [-0.2, 0) is 4.79 Å². The van der Waals surface area contributed by atoms with Gasteiger partial charge in [-0.15, -0.1) is 11.3 Å². The highest BCUT2D eigenvalue weighted by atomic mass is 32.1. The van der Waals surface area contributed by atoms with Crippen molar-refractivity contribution < 1.29 is 4.79 Å². The first-order valence-electron chi connectivity index (χ1n) is 7.03. The molecule has 0 bridgehead atoms. The van der Waals surface area contributed by atoms with Gasteiger partial charge in [0.15, 0.2) is 0 Å². The summed E-state index contributed by atoms with van der Waals surface area (Å²) in [5.41, 5.74) is 5.39. The van der Waals surface area contributed by atoms with Gasteiger partial charge in [0.2, 0.25) is 11.9 Å². The highest BCUT2D eigenvalue weighted by Crippen LogP contribution is 2.29. The molecule has 0 radical (unpaired) electrons. The minimum absolute atomic E-state index is 0.158. The molecule has 1 amide bonds. The maximum absolute atomic E-state index is 11.4. The van der Waals surface area contributed by atoms with Crippen LogP contribution >= 0.6 is 11.3 Å². The monoisotopic (exact) mass is 307 g/mol. The van der Waals surface area contributed by atoms with Crippen molar-refractivity contribution >= 4 is 39.2 Å². The lowest BCUT2D eigenvalue weighted by Gasteiger charge is -2.25. The summed E-state index contributed by atoms with van der Waals surface area (Å²) < 4.78 is 0. The SMILES string of the molecule is CCNc1nc(N(CC(N)=O)CC(C)C)c2ccsc2n1. The van der Waals surface area contributed by atoms with Crippen molar-refractivity contribution in [2.45, 2.75) is 20.8 Å². The molecule has 0 atom stereocenters. The van der Waals surface area contributed by atoms with Crippen LogP contribution < -0.4 is 16.0 Å². The van der Waals surface area contributed by atoms with E-state index in [0.717, 1.165) is 29.1 Å². The van der Waals surface area contributed by atoms with Gasteiger partial charge in [-0.25, -0.2) is 4.98 Å². The van der Waals surface area contributed by atoms with Crippen LogP contribution in [0.15, 0.2) is 11.4 Å². The van der Waals surface area contributed by atoms with Crippen LogP contribution in [0, 0.1) is 5.92 Å². The van der Waals surface area contributed by atoms with Gasteiger partial charge in [-0.3, -0.25) is 4.79 Å². The number of nitrogens with zero attached hydrogens (tertiary/aromatic N) is 3. The van der Waals surface area contributed by atoms with Crippen molar-refractivity contribution in [2.24, 2.45) is 11.7 Å². The third kappa shape index (κ3) is 3.81. The standard InChI is InChI=1S/C14H21N5OS/c1-4-16-14-17-12(10-5-6-21-13(10)18-14)19(7-9(2)3)8-11(15)20/h5-6,9H,4,7-8H2,1-3H3,(H2,15,20)(H,16,17,18). The van der Waals surface area contributed by atoms with Crippen molar-refractivity contribution in [1.29, 1.82) is 0 Å². The number of nitrogens with one attached hydrogen (secondary N) is 1. The van der Waals surface area contributed by atoms with E-state index in [-0.39, 0.29) is 12.5 Å². The molecule has 0 aromatic carbocycles. The topological polar surface area (TPSA) is 84.1 Å². The first-order valence-corrected chi connectivity index (χ1v) is 7.91. The molecule has 2 rings (SSSR count). The largest absolute Gasteiger partial charge is 0.368 e. The van der Waals surface area contributed by atoms with Gasteiger partial charge >= 0.3 is 0 Å². The van der Waals surface area contributed by atoms with Gasteiger partial charge in [-0.1, -0.05) is 13.8 Å². The lowest BCUT2D eigenvalue weighted by atomic mass is 10.2. The molecular formula is C14H21N5OS. The number of hydrogen-bond donors (Lipinski definition) is 2. The zero-order chi connectivity index (χ0) is 15.4. The number of hydrogen-bond acceptors (Lipinski definition) is 6. The van der Waals surface area contributed by atoms with E-state index in [1.54, 1.807) is 11.3 Å². The number of primary amides is 1. The Kier molecular flexibility index (Phi) is 4.95. The Balaban J connectivity index is 2.48. The second kappa shape index (κ2) is 6.71. The van der Waals surface area contributed by atoms with E-state index in [1.807, 2.05) is 23.3 Å². The Bertz CT molecular complexity index is 625. The molecule has 0 unspecified atom stereocenters. The molecule has 21 heavy (non-hydrogen) atoms. The summed E-state index contributed by atoms with van der Waals surface area (Å²) in [6, 6.07) is 1.99. The van der Waals surface area contributed by atoms with Gasteiger partial charge in [0.25, 0.3) is 0 Å². The molecule has 3 N–H and O–H groups in total. The highest BCUT2D eigenvalue weighted by Gasteiger charge is 2.18. The lowest BCUT2D eigenvalue weighted by Crippen LogP contribution is -2.37. The number of amides is 1. The van der Waals surface area contributed by atoms with Crippen LogP contribution in [-0.4, -0.2) is 35.5 Å². The molecular weight excluding hydrogens is 286 g/mol. The molecule has 0 aliphatic carbocycles. The molecule has 2 aromatic rings. The minimum Gasteiger partial charge on any atom is -0.368 e. The van der Waals surface area contributed by atoms with Crippen LogP contribution in [0.5, 0.6) is 0 Å². The minimum atomic E-state index is -0.359. The lowest BCUT2D eigenvalue weighted by molar-refractivity contribution is -0.116. The molecule has 6 nitrogen and oxygen atoms in total. The average molecular weight is 307 g/mol. The predicted octanol–water partition coefficient (Wildman–Crippen LogP) is 2.07. The van der Waals surface area contributed by atoms with Crippen LogP contribution in [0.25, 0.3) is 10.2 Å². The summed E-state index contributed by atoms with van der Waals surface area (Å²) in [5.74, 6) is 1.39. The Hall–Kier alpha value is -1.89. The fourth-order valence-corrected chi connectivity index (χ4v) is 2.93. The van der Waals surface area contributed by atoms with E-state index in [0.29, 0.717) is 11.9 Å². The number of rotatable bonds is 7. The van der Waals surface area contributed by atoms with Crippen molar-refractivity contribution in [2.75, 3.05) is 29.9 Å². The number of anilines is 2. The third-order valence-electron chi connectivity index (χ3n) is 2.87. The first-order chi connectivity index (χ1) is 10.0. The number of nitrogens with two attached hydrogens (primary N) is 1. The van der Waals surface area contributed by atoms with Crippen molar-refractivity contribution in [3.05, 3.63) is 11.4 Å². The molecule has 0 saturated heterocycles. The van der Waals surface area contributed by atoms with E-state index in [2.05, 4.69) is 29.1 Å². The van der Waals surface area contributed by atoms with Crippen LogP contribution in [0.1, 0.15) is 20.8 Å². The highest BCUT2D eigenvalue weighted by molar-refractivity contribution is 7.16. The fraction of sp³-hybridized carbons (Fsp3) is 0.500. The van der Waals surface area contributed by atoms with Gasteiger partial charge in [-0.2, -0.15) is 4.98 Å². The van der Waals surface area contributed by atoms with E-state index in [9.17, 15) is 4.79 Å². The number of carbonyl (C=O) groups excluding carboxylic acids is 1. The molecule has 0 spiro atoms. The third-order valence-corrected chi connectivity index (χ3v) is 3.68. The van der Waals surface area contributed by atoms with Gasteiger partial charge in [0.05, 0.1) is 11.9 Å². The summed E-state index contributed by atoms with van der Waals surface area (Å²) in [5, 5.41) is 6.08. The second-order valence-corrected chi connectivity index (χ2v) is 6.18. The Labute approximate surface area is 128 Å². The van der Waals surface area contributed by atoms with Gasteiger partial charge in [0, 0.05) is 13.1 Å². The van der Waals surface area contributed by atoms with Crippen LogP contribution in [0.2, 0.25) is 0 Å². The summed E-state index contributed by atoms with van der Waals surface area (Å²) >= 11 is 1.56. The quantitative estimate of drug-likeness (QED) is 0.818. The smallest absolute Gasteiger partial charge is 0.236 e. The first kappa shape index (κ1) is 15.5. The maximum Gasteiger partial charge on any atom is 0.236 e. The van der Waals surface area contributed by atoms with Crippen molar-refractivity contribution in [3.8, 4) is 0 Å². The Morgan fingerprint density at radius 2 is 2.24 bits per heavy atom. The summed E-state index contributed by atoms with van der Waals surface area (Å²) in [4.78, 5) is 23.3. The predicted molar refractivity (Wildman–Crippen MR) is 87.8 cm³/mol. The van der Waals surface area contributed by atoms with Gasteiger partial charge in [-0.05, 0) is 24.3 Å². The summed E-state index contributed by atoms with van der Waals surface area (Å²) in [6.07, 6.45) is 0. The Morgan fingerprint density at radius 1 is 1.48 bits per heavy atom. The van der Waals surface area contributed by atoms with Gasteiger partial charge < -0.3 is 16.0 Å². The molecule has 7 heteroatoms. The number of aromatic nitrogens is 2. The second-order valence-electron chi connectivity index (χ2n) is 5.28. The number of carbonyl (C=O) groups is 1. The molecule has 0 aliphatic heterocycles. The van der Waals surface area contributed by atoms with Crippen LogP contribution in [0.4, 0.5) is 11.8 Å². The molecule has 0 aliphatic rings. The number of fused-ring (bicyclic) bond motifs is 1. The average Bonchev–Trinajstić information content (AvgIpc) is 2.84. The molecule has 0 fully saturated rings. The van der Waals surface area contributed by atoms with E-state index < -0.39 is 0 Å². The molecule has 0 saturated carbocycles. The normalized spacial score (nSPS) is 11.0. The molecule has 2 heterocycles. The number of thiophene rings is 1. The van der Waals surface area contributed by atoms with E-state index in [4.69, 9.17) is 5.73 Å². The molecule has 2 aromatic heterocycles. The van der Waals surface area contributed by atoms with Gasteiger partial charge in [0.1, 0.15) is 10.6 Å². The zero-order valence-electron chi connectivity index (χ0n) is 12.6. The van der Waals surface area contributed by atoms with E-state index >= 15 is 0 Å².